The van der Waals surface area contributed by atoms with Crippen molar-refractivity contribution in [2.75, 3.05) is 32.0 Å². The van der Waals surface area contributed by atoms with Gasteiger partial charge in [-0.3, -0.25) is 4.90 Å². The molecule has 1 saturated heterocycles. The van der Waals surface area contributed by atoms with Gasteiger partial charge in [0.2, 0.25) is 0 Å². The van der Waals surface area contributed by atoms with E-state index in [1.807, 2.05) is 0 Å². The molecule has 2 heterocycles. The molecule has 20 heavy (non-hydrogen) atoms. The third kappa shape index (κ3) is 3.00. The molecule has 2 aromatic rings. The Morgan fingerprint density at radius 3 is 2.55 bits per heavy atom. The molecule has 3 rings (SSSR count). The van der Waals surface area contributed by atoms with Crippen molar-refractivity contribution in [1.29, 1.82) is 0 Å². The Morgan fingerprint density at radius 1 is 1.25 bits per heavy atom. The summed E-state index contributed by atoms with van der Waals surface area (Å²) in [5.74, 6) is 0. The maximum Gasteiger partial charge on any atom is 0.180 e. The van der Waals surface area contributed by atoms with Crippen molar-refractivity contribution in [2.45, 2.75) is 13.5 Å². The highest BCUT2D eigenvalue weighted by molar-refractivity contribution is 7.15. The first-order valence-corrected chi connectivity index (χ1v) is 7.66. The monoisotopic (exact) mass is 289 g/mol. The molecular formula is C15H19N3OS. The number of benzene rings is 1. The maximum atomic E-state index is 5.76. The number of nitrogen functional groups attached to an aromatic ring is 1. The van der Waals surface area contributed by atoms with Crippen molar-refractivity contribution in [3.05, 3.63) is 34.7 Å². The summed E-state index contributed by atoms with van der Waals surface area (Å²) in [7, 11) is 0. The fourth-order valence-electron chi connectivity index (χ4n) is 2.47. The summed E-state index contributed by atoms with van der Waals surface area (Å²) in [6, 6.07) is 8.63. The predicted octanol–water partition coefficient (Wildman–Crippen LogP) is 2.53. The number of ether oxygens (including phenoxy) is 1. The molecule has 0 unspecified atom stereocenters. The number of hydrogen-bond donors (Lipinski definition) is 1. The van der Waals surface area contributed by atoms with Crippen LogP contribution in [0.15, 0.2) is 24.3 Å². The van der Waals surface area contributed by atoms with E-state index in [0.717, 1.165) is 44.1 Å². The van der Waals surface area contributed by atoms with Crippen molar-refractivity contribution < 1.29 is 4.74 Å². The summed E-state index contributed by atoms with van der Waals surface area (Å²) < 4.78 is 5.37. The van der Waals surface area contributed by atoms with Gasteiger partial charge in [-0.25, -0.2) is 4.98 Å². The van der Waals surface area contributed by atoms with Gasteiger partial charge in [0, 0.05) is 30.1 Å². The van der Waals surface area contributed by atoms with Crippen molar-refractivity contribution in [3.8, 4) is 11.3 Å². The molecule has 5 heteroatoms. The van der Waals surface area contributed by atoms with E-state index in [4.69, 9.17) is 10.5 Å². The van der Waals surface area contributed by atoms with E-state index in [2.05, 4.69) is 41.1 Å². The number of hydrogen-bond acceptors (Lipinski definition) is 5. The van der Waals surface area contributed by atoms with E-state index < -0.39 is 0 Å². The minimum atomic E-state index is 0.634. The second-order valence-electron chi connectivity index (χ2n) is 5.04. The van der Waals surface area contributed by atoms with Gasteiger partial charge in [-0.05, 0) is 12.5 Å². The Hall–Kier alpha value is -1.43. The highest BCUT2D eigenvalue weighted by Crippen LogP contribution is 2.28. The average Bonchev–Trinajstić information content (AvgIpc) is 2.80. The number of rotatable bonds is 3. The molecule has 2 N–H and O–H groups in total. The van der Waals surface area contributed by atoms with Gasteiger partial charge in [0.25, 0.3) is 0 Å². The minimum absolute atomic E-state index is 0.634. The molecule has 1 aliphatic rings. The summed E-state index contributed by atoms with van der Waals surface area (Å²) in [4.78, 5) is 7.99. The Morgan fingerprint density at radius 2 is 1.95 bits per heavy atom. The molecule has 0 radical (unpaired) electrons. The Bertz CT molecular complexity index is 573. The fourth-order valence-corrected chi connectivity index (χ4v) is 3.18. The van der Waals surface area contributed by atoms with Crippen LogP contribution in [0.4, 0.5) is 5.13 Å². The van der Waals surface area contributed by atoms with Crippen molar-refractivity contribution in [2.24, 2.45) is 0 Å². The molecule has 1 fully saturated rings. The van der Waals surface area contributed by atoms with Crippen LogP contribution in [0.5, 0.6) is 0 Å². The first-order valence-electron chi connectivity index (χ1n) is 6.85. The van der Waals surface area contributed by atoms with E-state index >= 15 is 0 Å². The van der Waals surface area contributed by atoms with E-state index in [-0.39, 0.29) is 0 Å². The first kappa shape index (κ1) is 13.5. The minimum Gasteiger partial charge on any atom is -0.379 e. The molecule has 1 aliphatic heterocycles. The second kappa shape index (κ2) is 5.91. The highest BCUT2D eigenvalue weighted by atomic mass is 32.1. The number of thiazole rings is 1. The number of morpholine rings is 1. The van der Waals surface area contributed by atoms with Crippen LogP contribution in [-0.4, -0.2) is 36.2 Å². The maximum absolute atomic E-state index is 5.76. The zero-order valence-electron chi connectivity index (χ0n) is 11.6. The molecule has 0 atom stereocenters. The van der Waals surface area contributed by atoms with Gasteiger partial charge in [-0.2, -0.15) is 0 Å². The summed E-state index contributed by atoms with van der Waals surface area (Å²) >= 11 is 1.54. The van der Waals surface area contributed by atoms with Crippen LogP contribution in [-0.2, 0) is 11.3 Å². The van der Waals surface area contributed by atoms with Gasteiger partial charge in [-0.15, -0.1) is 11.3 Å². The van der Waals surface area contributed by atoms with E-state index in [1.54, 1.807) is 11.3 Å². The van der Waals surface area contributed by atoms with Crippen LogP contribution in [0.2, 0.25) is 0 Å². The SMILES string of the molecule is Cc1sc(N)nc1-c1ccc(CN2CCOCC2)cc1. The Labute approximate surface area is 123 Å². The average molecular weight is 289 g/mol. The molecule has 1 aromatic carbocycles. The molecule has 0 bridgehead atoms. The van der Waals surface area contributed by atoms with E-state index in [0.29, 0.717) is 5.13 Å². The lowest BCUT2D eigenvalue weighted by molar-refractivity contribution is 0.0342. The number of nitrogens with zero attached hydrogens (tertiary/aromatic N) is 2. The van der Waals surface area contributed by atoms with Crippen molar-refractivity contribution in [1.82, 2.24) is 9.88 Å². The topological polar surface area (TPSA) is 51.4 Å². The summed E-state index contributed by atoms with van der Waals surface area (Å²) in [5, 5.41) is 0.634. The van der Waals surface area contributed by atoms with Crippen LogP contribution in [0.3, 0.4) is 0 Å². The van der Waals surface area contributed by atoms with Crippen LogP contribution in [0.1, 0.15) is 10.4 Å². The van der Waals surface area contributed by atoms with Crippen LogP contribution >= 0.6 is 11.3 Å². The third-order valence-electron chi connectivity index (χ3n) is 3.55. The normalized spacial score (nSPS) is 16.4. The molecular weight excluding hydrogens is 270 g/mol. The zero-order valence-corrected chi connectivity index (χ0v) is 12.4. The molecule has 0 spiro atoms. The lowest BCUT2D eigenvalue weighted by Gasteiger charge is -2.26. The van der Waals surface area contributed by atoms with Crippen LogP contribution < -0.4 is 5.73 Å². The Kier molecular flexibility index (Phi) is 4.00. The van der Waals surface area contributed by atoms with Crippen molar-refractivity contribution >= 4 is 16.5 Å². The molecule has 0 saturated carbocycles. The lowest BCUT2D eigenvalue weighted by Crippen LogP contribution is -2.35. The predicted molar refractivity (Wildman–Crippen MR) is 82.8 cm³/mol. The first-order chi connectivity index (χ1) is 9.72. The molecule has 4 nitrogen and oxygen atoms in total. The highest BCUT2D eigenvalue weighted by Gasteiger charge is 2.11. The molecule has 0 aliphatic carbocycles. The summed E-state index contributed by atoms with van der Waals surface area (Å²) in [6.07, 6.45) is 0. The Balaban J connectivity index is 1.72. The van der Waals surface area contributed by atoms with Gasteiger partial charge >= 0.3 is 0 Å². The van der Waals surface area contributed by atoms with Gasteiger partial charge < -0.3 is 10.5 Å². The van der Waals surface area contributed by atoms with E-state index in [1.165, 1.54) is 10.4 Å². The fraction of sp³-hybridized carbons (Fsp3) is 0.400. The molecule has 106 valence electrons. The van der Waals surface area contributed by atoms with Gasteiger partial charge in [0.05, 0.1) is 18.9 Å². The number of aryl methyl sites for hydroxylation is 1. The lowest BCUT2D eigenvalue weighted by atomic mass is 10.1. The summed E-state index contributed by atoms with van der Waals surface area (Å²) in [6.45, 7) is 6.77. The standard InChI is InChI=1S/C15H19N3OS/c1-11-14(17-15(16)20-11)13-4-2-12(3-5-13)10-18-6-8-19-9-7-18/h2-5H,6-10H2,1H3,(H2,16,17). The molecule has 0 amide bonds. The van der Waals surface area contributed by atoms with Gasteiger partial charge in [0.1, 0.15) is 0 Å². The van der Waals surface area contributed by atoms with Gasteiger partial charge in [-0.1, -0.05) is 24.3 Å². The van der Waals surface area contributed by atoms with Crippen LogP contribution in [0, 0.1) is 6.92 Å². The number of nitrogens with two attached hydrogens (primary N) is 1. The summed E-state index contributed by atoms with van der Waals surface area (Å²) in [5.41, 5.74) is 9.23. The third-order valence-corrected chi connectivity index (χ3v) is 4.35. The smallest absolute Gasteiger partial charge is 0.180 e. The number of aromatic nitrogens is 1. The zero-order chi connectivity index (χ0) is 13.9. The van der Waals surface area contributed by atoms with Gasteiger partial charge in [0.15, 0.2) is 5.13 Å². The number of anilines is 1. The van der Waals surface area contributed by atoms with Crippen molar-refractivity contribution in [3.63, 3.8) is 0 Å². The van der Waals surface area contributed by atoms with E-state index in [9.17, 15) is 0 Å². The largest absolute Gasteiger partial charge is 0.379 e. The quantitative estimate of drug-likeness (QED) is 0.943. The second-order valence-corrected chi connectivity index (χ2v) is 6.28. The molecule has 1 aromatic heterocycles. The van der Waals surface area contributed by atoms with Crippen LogP contribution in [0.25, 0.3) is 11.3 Å².